The van der Waals surface area contributed by atoms with Crippen LogP contribution in [0, 0.1) is 18.8 Å². The second-order valence-electron chi connectivity index (χ2n) is 8.02. The standard InChI is InChI=1S/C22H28N4O2/c1-16-7-5-6-10-19(16)26-20(23-24-22(26)28)15-17-11-13-25(14-12-17)21(27)18-8-3-2-4-9-18/h2-3,5-7,10,17-18H,4,8-9,11-15H2,1H3,(H,24,28). The van der Waals surface area contributed by atoms with Gasteiger partial charge in [-0.1, -0.05) is 30.4 Å². The SMILES string of the molecule is Cc1ccccc1-n1c(CC2CCN(C(=O)C3CC=CCC3)CC2)n[nH]c1=O. The molecule has 1 aliphatic carbocycles. The number of aromatic nitrogens is 3. The fourth-order valence-corrected chi connectivity index (χ4v) is 4.42. The van der Waals surface area contributed by atoms with Crippen molar-refractivity contribution >= 4 is 5.91 Å². The molecule has 0 bridgehead atoms. The van der Waals surface area contributed by atoms with Crippen molar-refractivity contribution in [1.82, 2.24) is 19.7 Å². The maximum absolute atomic E-state index is 12.7. The first kappa shape index (κ1) is 18.7. The number of aromatic amines is 1. The molecule has 4 rings (SSSR count). The van der Waals surface area contributed by atoms with E-state index in [0.29, 0.717) is 11.8 Å². The van der Waals surface area contributed by atoms with Crippen molar-refractivity contribution in [3.63, 3.8) is 0 Å². The number of rotatable bonds is 4. The third-order valence-corrected chi connectivity index (χ3v) is 6.11. The monoisotopic (exact) mass is 380 g/mol. The van der Waals surface area contributed by atoms with E-state index >= 15 is 0 Å². The highest BCUT2D eigenvalue weighted by Crippen LogP contribution is 2.26. The van der Waals surface area contributed by atoms with Crippen molar-refractivity contribution in [2.75, 3.05) is 13.1 Å². The third kappa shape index (κ3) is 3.81. The zero-order valence-corrected chi connectivity index (χ0v) is 16.4. The van der Waals surface area contributed by atoms with Gasteiger partial charge < -0.3 is 4.90 Å². The molecule has 2 aliphatic rings. The van der Waals surface area contributed by atoms with E-state index in [1.165, 1.54) is 0 Å². The highest BCUT2D eigenvalue weighted by Gasteiger charge is 2.29. The number of carbonyl (C=O) groups excluding carboxylic acids is 1. The summed E-state index contributed by atoms with van der Waals surface area (Å²) in [7, 11) is 0. The number of para-hydroxylation sites is 1. The molecule has 1 fully saturated rings. The minimum Gasteiger partial charge on any atom is -0.342 e. The maximum atomic E-state index is 12.7. The van der Waals surface area contributed by atoms with Crippen LogP contribution >= 0.6 is 0 Å². The van der Waals surface area contributed by atoms with Gasteiger partial charge >= 0.3 is 5.69 Å². The first-order valence-corrected chi connectivity index (χ1v) is 10.3. The number of nitrogens with zero attached hydrogens (tertiary/aromatic N) is 3. The lowest BCUT2D eigenvalue weighted by Crippen LogP contribution is -2.42. The van der Waals surface area contributed by atoms with Crippen LogP contribution in [-0.2, 0) is 11.2 Å². The molecule has 0 spiro atoms. The van der Waals surface area contributed by atoms with Crippen molar-refractivity contribution in [3.8, 4) is 5.69 Å². The number of piperidine rings is 1. The molecule has 28 heavy (non-hydrogen) atoms. The van der Waals surface area contributed by atoms with Crippen molar-refractivity contribution in [3.05, 3.63) is 58.3 Å². The van der Waals surface area contributed by atoms with E-state index in [9.17, 15) is 9.59 Å². The number of nitrogens with one attached hydrogen (secondary N) is 1. The average Bonchev–Trinajstić information content (AvgIpc) is 3.09. The third-order valence-electron chi connectivity index (χ3n) is 6.11. The van der Waals surface area contributed by atoms with Gasteiger partial charge in [-0.15, -0.1) is 0 Å². The molecule has 2 aromatic rings. The fourth-order valence-electron chi connectivity index (χ4n) is 4.42. The summed E-state index contributed by atoms with van der Waals surface area (Å²) in [5.41, 5.74) is 1.74. The Balaban J connectivity index is 1.41. The Morgan fingerprint density at radius 3 is 2.68 bits per heavy atom. The molecule has 1 atom stereocenters. The first-order chi connectivity index (χ1) is 13.6. The number of likely N-dealkylation sites (tertiary alicyclic amines) is 1. The van der Waals surface area contributed by atoms with Crippen molar-refractivity contribution in [2.45, 2.75) is 45.4 Å². The Morgan fingerprint density at radius 2 is 1.96 bits per heavy atom. The van der Waals surface area contributed by atoms with Crippen LogP contribution < -0.4 is 5.69 Å². The van der Waals surface area contributed by atoms with Gasteiger partial charge in [0, 0.05) is 25.4 Å². The van der Waals surface area contributed by atoms with E-state index in [2.05, 4.69) is 22.3 Å². The predicted octanol–water partition coefficient (Wildman–Crippen LogP) is 3.01. The molecule has 1 aromatic carbocycles. The Labute approximate surface area is 165 Å². The van der Waals surface area contributed by atoms with Crippen molar-refractivity contribution in [2.24, 2.45) is 11.8 Å². The lowest BCUT2D eigenvalue weighted by Gasteiger charge is -2.34. The van der Waals surface area contributed by atoms with Crippen LogP contribution in [0.5, 0.6) is 0 Å². The van der Waals surface area contributed by atoms with E-state index in [0.717, 1.165) is 68.7 Å². The Bertz CT molecular complexity index is 919. The van der Waals surface area contributed by atoms with Crippen LogP contribution in [0.2, 0.25) is 0 Å². The van der Waals surface area contributed by atoms with Gasteiger partial charge in [0.15, 0.2) is 0 Å². The lowest BCUT2D eigenvalue weighted by atomic mass is 9.89. The second kappa shape index (κ2) is 8.17. The summed E-state index contributed by atoms with van der Waals surface area (Å²) in [4.78, 5) is 27.1. The summed E-state index contributed by atoms with van der Waals surface area (Å²) in [6.07, 6.45) is 9.87. The average molecular weight is 380 g/mol. The van der Waals surface area contributed by atoms with Gasteiger partial charge in [0.1, 0.15) is 5.82 Å². The number of aryl methyl sites for hydroxylation is 1. The number of benzene rings is 1. The zero-order valence-electron chi connectivity index (χ0n) is 16.4. The van der Waals surface area contributed by atoms with Gasteiger partial charge in [-0.3, -0.25) is 4.79 Å². The molecule has 1 N–H and O–H groups in total. The number of hydrogen-bond acceptors (Lipinski definition) is 3. The van der Waals surface area contributed by atoms with Gasteiger partial charge in [-0.2, -0.15) is 5.10 Å². The molecule has 1 saturated heterocycles. The van der Waals surface area contributed by atoms with Gasteiger partial charge in [0.05, 0.1) is 5.69 Å². The summed E-state index contributed by atoms with van der Waals surface area (Å²) in [6.45, 7) is 3.62. The Kier molecular flexibility index (Phi) is 5.46. The van der Waals surface area contributed by atoms with Gasteiger partial charge in [-0.05, 0) is 56.6 Å². The molecular formula is C22H28N4O2. The van der Waals surface area contributed by atoms with Crippen LogP contribution in [0.4, 0.5) is 0 Å². The van der Waals surface area contributed by atoms with Crippen LogP contribution in [0.1, 0.15) is 43.5 Å². The minimum absolute atomic E-state index is 0.166. The van der Waals surface area contributed by atoms with Crippen molar-refractivity contribution in [1.29, 1.82) is 0 Å². The molecule has 2 heterocycles. The topological polar surface area (TPSA) is 71.0 Å². The molecule has 1 unspecified atom stereocenters. The largest absolute Gasteiger partial charge is 0.347 e. The number of allylic oxidation sites excluding steroid dienone is 2. The smallest absolute Gasteiger partial charge is 0.342 e. The van der Waals surface area contributed by atoms with E-state index < -0.39 is 0 Å². The van der Waals surface area contributed by atoms with Crippen LogP contribution in [0.3, 0.4) is 0 Å². The van der Waals surface area contributed by atoms with Crippen LogP contribution in [-0.4, -0.2) is 38.7 Å². The predicted molar refractivity (Wildman–Crippen MR) is 108 cm³/mol. The Morgan fingerprint density at radius 1 is 1.18 bits per heavy atom. The first-order valence-electron chi connectivity index (χ1n) is 10.3. The summed E-state index contributed by atoms with van der Waals surface area (Å²) >= 11 is 0. The number of H-pyrrole nitrogens is 1. The summed E-state index contributed by atoms with van der Waals surface area (Å²) in [5.74, 6) is 1.70. The molecule has 6 heteroatoms. The molecule has 1 amide bonds. The van der Waals surface area contributed by atoms with E-state index in [1.54, 1.807) is 4.57 Å². The summed E-state index contributed by atoms with van der Waals surface area (Å²) in [6, 6.07) is 7.87. The zero-order chi connectivity index (χ0) is 19.5. The quantitative estimate of drug-likeness (QED) is 0.829. The van der Waals surface area contributed by atoms with Gasteiger partial charge in [0.2, 0.25) is 5.91 Å². The van der Waals surface area contributed by atoms with Crippen LogP contribution in [0.15, 0.2) is 41.2 Å². The molecule has 6 nitrogen and oxygen atoms in total. The Hall–Kier alpha value is -2.63. The highest BCUT2D eigenvalue weighted by molar-refractivity contribution is 5.79. The molecular weight excluding hydrogens is 352 g/mol. The normalized spacial score (nSPS) is 20.5. The fraction of sp³-hybridized carbons (Fsp3) is 0.500. The highest BCUT2D eigenvalue weighted by atomic mass is 16.2. The molecule has 1 aliphatic heterocycles. The van der Waals surface area contributed by atoms with Crippen LogP contribution in [0.25, 0.3) is 5.69 Å². The van der Waals surface area contributed by atoms with E-state index in [1.807, 2.05) is 36.1 Å². The number of hydrogen-bond donors (Lipinski definition) is 1. The molecule has 0 saturated carbocycles. The second-order valence-corrected chi connectivity index (χ2v) is 8.02. The lowest BCUT2D eigenvalue weighted by molar-refractivity contribution is -0.137. The molecule has 1 aromatic heterocycles. The van der Waals surface area contributed by atoms with E-state index in [-0.39, 0.29) is 11.6 Å². The summed E-state index contributed by atoms with van der Waals surface area (Å²) < 4.78 is 1.70. The number of carbonyl (C=O) groups is 1. The number of amides is 1. The molecule has 0 radical (unpaired) electrons. The minimum atomic E-state index is -0.192. The van der Waals surface area contributed by atoms with Crippen molar-refractivity contribution < 1.29 is 4.79 Å². The molecule has 148 valence electrons. The summed E-state index contributed by atoms with van der Waals surface area (Å²) in [5, 5.41) is 6.90. The van der Waals surface area contributed by atoms with Gasteiger partial charge in [-0.25, -0.2) is 14.5 Å². The van der Waals surface area contributed by atoms with Gasteiger partial charge in [0.25, 0.3) is 0 Å². The van der Waals surface area contributed by atoms with E-state index in [4.69, 9.17) is 0 Å². The maximum Gasteiger partial charge on any atom is 0.347 e.